The Labute approximate surface area is 197 Å². The smallest absolute Gasteiger partial charge is 0.265 e. The zero-order valence-corrected chi connectivity index (χ0v) is 18.8. The summed E-state index contributed by atoms with van der Waals surface area (Å²) < 4.78 is 1.44. The molecule has 7 nitrogen and oxygen atoms in total. The molecule has 4 aromatic rings. The van der Waals surface area contributed by atoms with Crippen molar-refractivity contribution in [2.75, 3.05) is 26.2 Å². The molecule has 0 bridgehead atoms. The second-order valence-electron chi connectivity index (χ2n) is 8.25. The second kappa shape index (κ2) is 9.57. The van der Waals surface area contributed by atoms with Crippen molar-refractivity contribution in [1.82, 2.24) is 19.6 Å². The number of hydrogen-bond acceptors (Lipinski definition) is 5. The molecule has 0 spiro atoms. The minimum Gasteiger partial charge on any atom is -0.351 e. The lowest BCUT2D eigenvalue weighted by Gasteiger charge is -2.28. The molecule has 3 heterocycles. The Morgan fingerprint density at radius 2 is 1.85 bits per heavy atom. The normalized spacial score (nSPS) is 14.8. The van der Waals surface area contributed by atoms with Gasteiger partial charge in [0.05, 0.1) is 22.5 Å². The van der Waals surface area contributed by atoms with Crippen LogP contribution in [0.25, 0.3) is 27.3 Å². The maximum Gasteiger partial charge on any atom is 0.265 e. The fourth-order valence-corrected chi connectivity index (χ4v) is 4.40. The quantitative estimate of drug-likeness (QED) is 0.470. The van der Waals surface area contributed by atoms with Crippen LogP contribution in [0, 0.1) is 17.2 Å². The van der Waals surface area contributed by atoms with Crippen LogP contribution in [0.15, 0.2) is 59.5 Å². The summed E-state index contributed by atoms with van der Waals surface area (Å²) in [6.45, 7) is 2.98. The number of pyridine rings is 1. The minimum atomic E-state index is -0.248. The molecule has 1 saturated heterocycles. The molecule has 1 N–H and O–H groups in total. The highest BCUT2D eigenvalue weighted by Gasteiger charge is 2.19. The first-order valence-corrected chi connectivity index (χ1v) is 10.9. The molecule has 5 rings (SSSR count). The Bertz CT molecular complexity index is 1430. The number of halogens is 1. The van der Waals surface area contributed by atoms with E-state index in [1.165, 1.54) is 4.40 Å². The van der Waals surface area contributed by atoms with Crippen molar-refractivity contribution in [3.63, 3.8) is 0 Å². The van der Waals surface area contributed by atoms with Gasteiger partial charge < -0.3 is 10.2 Å². The van der Waals surface area contributed by atoms with Crippen LogP contribution in [-0.4, -0.2) is 46.4 Å². The van der Waals surface area contributed by atoms with E-state index in [0.717, 1.165) is 43.2 Å². The molecule has 1 amide bonds. The maximum atomic E-state index is 13.1. The molecule has 1 aliphatic rings. The maximum absolute atomic E-state index is 13.1. The monoisotopic (exact) mass is 461 g/mol. The lowest BCUT2D eigenvalue weighted by atomic mass is 9.99. The Kier molecular flexibility index (Phi) is 6.59. The zero-order valence-electron chi connectivity index (χ0n) is 18.0. The predicted molar refractivity (Wildman–Crippen MR) is 131 cm³/mol. The molecular formula is C25H24ClN5O2. The Morgan fingerprint density at radius 1 is 1.12 bits per heavy atom. The van der Waals surface area contributed by atoms with Crippen molar-refractivity contribution in [1.29, 1.82) is 5.26 Å². The van der Waals surface area contributed by atoms with Crippen LogP contribution in [0.1, 0.15) is 23.2 Å². The largest absolute Gasteiger partial charge is 0.351 e. The average Bonchev–Trinajstić information content (AvgIpc) is 2.83. The summed E-state index contributed by atoms with van der Waals surface area (Å²) in [7, 11) is 0. The zero-order chi connectivity index (χ0) is 22.1. The number of aromatic nitrogens is 2. The summed E-state index contributed by atoms with van der Waals surface area (Å²) in [5.74, 6) is -0.102. The number of carbonyl (C=O) groups is 1. The van der Waals surface area contributed by atoms with Gasteiger partial charge in [-0.15, -0.1) is 12.4 Å². The van der Waals surface area contributed by atoms with E-state index in [4.69, 9.17) is 5.26 Å². The first-order valence-electron chi connectivity index (χ1n) is 10.9. The highest BCUT2D eigenvalue weighted by Crippen LogP contribution is 2.21. The van der Waals surface area contributed by atoms with Gasteiger partial charge in [0.2, 0.25) is 0 Å². The second-order valence-corrected chi connectivity index (χ2v) is 8.25. The summed E-state index contributed by atoms with van der Waals surface area (Å²) in [6.07, 6.45) is 3.40. The van der Waals surface area contributed by atoms with E-state index in [1.807, 2.05) is 36.4 Å². The van der Waals surface area contributed by atoms with Crippen LogP contribution >= 0.6 is 12.4 Å². The molecule has 0 unspecified atom stereocenters. The molecule has 2 aromatic heterocycles. The molecule has 1 fully saturated rings. The van der Waals surface area contributed by atoms with Crippen molar-refractivity contribution in [3.8, 4) is 6.07 Å². The van der Waals surface area contributed by atoms with E-state index >= 15 is 0 Å². The van der Waals surface area contributed by atoms with E-state index in [9.17, 15) is 9.59 Å². The average molecular weight is 462 g/mol. The standard InChI is InChI=1S/C25H23N5O2.ClH/c26-16-17-7-11-29(12-8-17)13-9-27-24(31)20-6-3-10-30-23(20)28-22-15-19-5-2-1-4-18(19)14-21(22)25(30)32;/h1-6,10,14-15,17H,7-9,11-13H2,(H,27,31);1H. The number of amides is 1. The van der Waals surface area contributed by atoms with Crippen LogP contribution in [0.5, 0.6) is 0 Å². The van der Waals surface area contributed by atoms with E-state index < -0.39 is 0 Å². The first-order chi connectivity index (χ1) is 15.6. The Hall–Kier alpha value is -3.47. The number of rotatable bonds is 4. The summed E-state index contributed by atoms with van der Waals surface area (Å²) >= 11 is 0. The summed E-state index contributed by atoms with van der Waals surface area (Å²) in [5, 5.41) is 14.5. The predicted octanol–water partition coefficient (Wildman–Crippen LogP) is 3.39. The molecular weight excluding hydrogens is 438 g/mol. The lowest BCUT2D eigenvalue weighted by Crippen LogP contribution is -2.39. The molecule has 33 heavy (non-hydrogen) atoms. The third kappa shape index (κ3) is 4.40. The van der Waals surface area contributed by atoms with E-state index in [-0.39, 0.29) is 29.8 Å². The number of benzene rings is 2. The van der Waals surface area contributed by atoms with Crippen molar-refractivity contribution in [2.45, 2.75) is 12.8 Å². The van der Waals surface area contributed by atoms with E-state index in [1.54, 1.807) is 18.3 Å². The summed E-state index contributed by atoms with van der Waals surface area (Å²) in [6, 6.07) is 17.3. The minimum absolute atomic E-state index is 0. The number of carbonyl (C=O) groups excluding carboxylic acids is 1. The van der Waals surface area contributed by atoms with E-state index in [0.29, 0.717) is 28.7 Å². The Morgan fingerprint density at radius 3 is 2.58 bits per heavy atom. The number of nitriles is 1. The molecule has 0 aliphatic carbocycles. The highest BCUT2D eigenvalue weighted by molar-refractivity contribution is 6.02. The number of nitrogens with zero attached hydrogens (tertiary/aromatic N) is 4. The number of hydrogen-bond donors (Lipinski definition) is 1. The van der Waals surface area contributed by atoms with Gasteiger partial charge in [-0.2, -0.15) is 5.26 Å². The third-order valence-corrected chi connectivity index (χ3v) is 6.24. The fourth-order valence-electron chi connectivity index (χ4n) is 4.40. The van der Waals surface area contributed by atoms with Crippen molar-refractivity contribution in [2.24, 2.45) is 5.92 Å². The molecule has 1 aliphatic heterocycles. The highest BCUT2D eigenvalue weighted by atomic mass is 35.5. The molecule has 8 heteroatoms. The van der Waals surface area contributed by atoms with Crippen LogP contribution in [-0.2, 0) is 0 Å². The van der Waals surface area contributed by atoms with Crippen LogP contribution in [0.4, 0.5) is 0 Å². The van der Waals surface area contributed by atoms with Crippen molar-refractivity contribution >= 4 is 45.6 Å². The number of likely N-dealkylation sites (tertiary alicyclic amines) is 1. The van der Waals surface area contributed by atoms with Gasteiger partial charge in [0.25, 0.3) is 11.5 Å². The van der Waals surface area contributed by atoms with Gasteiger partial charge in [0.1, 0.15) is 0 Å². The van der Waals surface area contributed by atoms with Gasteiger partial charge in [-0.3, -0.25) is 14.0 Å². The number of nitrogens with one attached hydrogen (secondary N) is 1. The van der Waals surface area contributed by atoms with Gasteiger partial charge in [-0.25, -0.2) is 4.98 Å². The fraction of sp³-hybridized carbons (Fsp3) is 0.280. The van der Waals surface area contributed by atoms with Crippen molar-refractivity contribution in [3.05, 3.63) is 70.6 Å². The molecule has 0 saturated carbocycles. The molecule has 2 aromatic carbocycles. The molecule has 0 atom stereocenters. The Balaban J connectivity index is 0.00000259. The first kappa shape index (κ1) is 22.7. The van der Waals surface area contributed by atoms with Crippen molar-refractivity contribution < 1.29 is 4.79 Å². The molecule has 168 valence electrons. The molecule has 0 radical (unpaired) electrons. The summed E-state index contributed by atoms with van der Waals surface area (Å²) in [4.78, 5) is 33.0. The lowest BCUT2D eigenvalue weighted by molar-refractivity contribution is 0.0946. The van der Waals surface area contributed by atoms with Gasteiger partial charge >= 0.3 is 0 Å². The van der Waals surface area contributed by atoms with Gasteiger partial charge in [0, 0.05) is 25.2 Å². The topological polar surface area (TPSA) is 90.5 Å². The van der Waals surface area contributed by atoms with Gasteiger partial charge in [-0.1, -0.05) is 24.3 Å². The van der Waals surface area contributed by atoms with Crippen LogP contribution in [0.3, 0.4) is 0 Å². The third-order valence-electron chi connectivity index (χ3n) is 6.24. The number of fused-ring (bicyclic) bond motifs is 3. The van der Waals surface area contributed by atoms with Gasteiger partial charge in [0.15, 0.2) is 5.65 Å². The van der Waals surface area contributed by atoms with Crippen LogP contribution in [0.2, 0.25) is 0 Å². The summed E-state index contributed by atoms with van der Waals surface area (Å²) in [5.41, 5.74) is 1.12. The SMILES string of the molecule is Cl.N#CC1CCN(CCNC(=O)c2cccn3c(=O)c4cc5ccccc5cc4nc23)CC1. The number of piperidine rings is 1. The van der Waals surface area contributed by atoms with Crippen LogP contribution < -0.4 is 10.9 Å². The van der Waals surface area contributed by atoms with E-state index in [2.05, 4.69) is 21.3 Å². The van der Waals surface area contributed by atoms with Gasteiger partial charge in [-0.05, 0) is 61.0 Å².